The highest BCUT2D eigenvalue weighted by Crippen LogP contribution is 2.49. The quantitative estimate of drug-likeness (QED) is 0.754. The maximum absolute atomic E-state index is 12.0. The van der Waals surface area contributed by atoms with Crippen LogP contribution in [-0.2, 0) is 4.79 Å². The van der Waals surface area contributed by atoms with E-state index in [0.29, 0.717) is 5.92 Å². The third-order valence-electron chi connectivity index (χ3n) is 5.11. The predicted octanol–water partition coefficient (Wildman–Crippen LogP) is 3.43. The first-order chi connectivity index (χ1) is 10.3. The number of para-hydroxylation sites is 1. The van der Waals surface area contributed by atoms with E-state index < -0.39 is 0 Å². The number of rotatable bonds is 7. The molecule has 3 heteroatoms. The normalized spacial score (nSPS) is 26.8. The Morgan fingerprint density at radius 2 is 1.95 bits per heavy atom. The van der Waals surface area contributed by atoms with E-state index in [9.17, 15) is 4.79 Å². The fraction of sp³-hybridized carbons (Fsp3) is 0.611. The first-order valence-electron chi connectivity index (χ1n) is 8.37. The van der Waals surface area contributed by atoms with Gasteiger partial charge in [-0.1, -0.05) is 24.6 Å². The average molecular weight is 286 g/mol. The average Bonchev–Trinajstić information content (AvgIpc) is 3.10. The Hall–Kier alpha value is -1.51. The first kappa shape index (κ1) is 14.4. The maximum atomic E-state index is 12.0. The molecule has 3 rings (SSSR count). The van der Waals surface area contributed by atoms with Gasteiger partial charge in [-0.15, -0.1) is 0 Å². The summed E-state index contributed by atoms with van der Waals surface area (Å²) in [5, 5.41) is 6.44. The summed E-state index contributed by atoms with van der Waals surface area (Å²) < 4.78 is 0. The molecule has 2 saturated carbocycles. The minimum atomic E-state index is 0.257. The van der Waals surface area contributed by atoms with Gasteiger partial charge in [-0.05, 0) is 55.6 Å². The molecule has 2 bridgehead atoms. The van der Waals surface area contributed by atoms with Crippen LogP contribution in [-0.4, -0.2) is 19.0 Å². The van der Waals surface area contributed by atoms with Crippen LogP contribution < -0.4 is 10.6 Å². The molecular weight excluding hydrogens is 260 g/mol. The second kappa shape index (κ2) is 6.97. The molecule has 0 radical (unpaired) electrons. The predicted molar refractivity (Wildman–Crippen MR) is 86.1 cm³/mol. The number of carbonyl (C=O) groups excluding carboxylic acids is 1. The van der Waals surface area contributed by atoms with E-state index in [2.05, 4.69) is 22.8 Å². The van der Waals surface area contributed by atoms with Crippen molar-refractivity contribution in [1.82, 2.24) is 5.32 Å². The number of anilines is 1. The van der Waals surface area contributed by atoms with Crippen LogP contribution in [0.25, 0.3) is 0 Å². The third kappa shape index (κ3) is 3.99. The summed E-state index contributed by atoms with van der Waals surface area (Å²) in [6.45, 7) is 1.68. The molecule has 0 spiro atoms. The monoisotopic (exact) mass is 286 g/mol. The Balaban J connectivity index is 1.26. The van der Waals surface area contributed by atoms with Crippen molar-refractivity contribution >= 4 is 11.6 Å². The number of amides is 1. The third-order valence-corrected chi connectivity index (χ3v) is 5.11. The van der Waals surface area contributed by atoms with E-state index in [4.69, 9.17) is 0 Å². The van der Waals surface area contributed by atoms with E-state index >= 15 is 0 Å². The van der Waals surface area contributed by atoms with Crippen LogP contribution >= 0.6 is 0 Å². The van der Waals surface area contributed by atoms with Crippen LogP contribution in [0.5, 0.6) is 0 Å². The molecule has 3 nitrogen and oxygen atoms in total. The van der Waals surface area contributed by atoms with Gasteiger partial charge in [-0.25, -0.2) is 0 Å². The second-order valence-corrected chi connectivity index (χ2v) is 6.64. The lowest BCUT2D eigenvalue weighted by molar-refractivity contribution is -0.122. The van der Waals surface area contributed by atoms with E-state index in [0.717, 1.165) is 43.5 Å². The highest BCUT2D eigenvalue weighted by molar-refractivity contribution is 5.76. The molecule has 114 valence electrons. The van der Waals surface area contributed by atoms with Crippen molar-refractivity contribution in [1.29, 1.82) is 0 Å². The van der Waals surface area contributed by atoms with Crippen LogP contribution in [0.15, 0.2) is 30.3 Å². The molecule has 1 aromatic rings. The summed E-state index contributed by atoms with van der Waals surface area (Å²) in [6, 6.07) is 10.2. The topological polar surface area (TPSA) is 41.1 Å². The van der Waals surface area contributed by atoms with Gasteiger partial charge in [0, 0.05) is 25.2 Å². The van der Waals surface area contributed by atoms with Crippen molar-refractivity contribution in [3.8, 4) is 0 Å². The van der Waals surface area contributed by atoms with E-state index in [-0.39, 0.29) is 5.91 Å². The molecule has 3 unspecified atom stereocenters. The van der Waals surface area contributed by atoms with Crippen molar-refractivity contribution in [2.24, 2.45) is 17.8 Å². The van der Waals surface area contributed by atoms with Crippen molar-refractivity contribution in [2.45, 2.75) is 38.5 Å². The van der Waals surface area contributed by atoms with Gasteiger partial charge in [0.05, 0.1) is 0 Å². The Bertz CT molecular complexity index is 460. The van der Waals surface area contributed by atoms with Gasteiger partial charge in [0.25, 0.3) is 0 Å². The highest BCUT2D eigenvalue weighted by atomic mass is 16.1. The summed E-state index contributed by atoms with van der Waals surface area (Å²) in [4.78, 5) is 12.0. The zero-order valence-corrected chi connectivity index (χ0v) is 12.7. The number of benzene rings is 1. The Kier molecular flexibility index (Phi) is 4.79. The van der Waals surface area contributed by atoms with Crippen molar-refractivity contribution in [3.63, 3.8) is 0 Å². The van der Waals surface area contributed by atoms with Crippen LogP contribution in [0, 0.1) is 17.8 Å². The Morgan fingerprint density at radius 3 is 2.67 bits per heavy atom. The first-order valence-corrected chi connectivity index (χ1v) is 8.37. The lowest BCUT2D eigenvalue weighted by Crippen LogP contribution is -2.29. The lowest BCUT2D eigenvalue weighted by atomic mass is 9.86. The van der Waals surface area contributed by atoms with E-state index in [1.807, 2.05) is 18.2 Å². The standard InChI is InChI=1S/C18H26N2O/c21-18(13-16-12-14-7-8-15(16)11-14)20-10-4-9-19-17-5-2-1-3-6-17/h1-3,5-6,14-16,19H,4,7-13H2,(H,20,21). The van der Waals surface area contributed by atoms with Gasteiger partial charge < -0.3 is 10.6 Å². The molecule has 0 aliphatic heterocycles. The molecule has 2 aliphatic rings. The number of fused-ring (bicyclic) bond motifs is 2. The van der Waals surface area contributed by atoms with Crippen LogP contribution in [0.4, 0.5) is 5.69 Å². The fourth-order valence-corrected chi connectivity index (χ4v) is 4.04. The fourth-order valence-electron chi connectivity index (χ4n) is 4.04. The molecule has 0 aromatic heterocycles. The van der Waals surface area contributed by atoms with Gasteiger partial charge in [0.1, 0.15) is 0 Å². The maximum Gasteiger partial charge on any atom is 0.220 e. The minimum Gasteiger partial charge on any atom is -0.385 e. The largest absolute Gasteiger partial charge is 0.385 e. The van der Waals surface area contributed by atoms with Gasteiger partial charge in [0.15, 0.2) is 0 Å². The molecule has 2 aliphatic carbocycles. The van der Waals surface area contributed by atoms with Gasteiger partial charge in [-0.3, -0.25) is 4.79 Å². The van der Waals surface area contributed by atoms with Crippen molar-refractivity contribution in [2.75, 3.05) is 18.4 Å². The molecular formula is C18H26N2O. The summed E-state index contributed by atoms with van der Waals surface area (Å²) >= 11 is 0. The zero-order chi connectivity index (χ0) is 14.5. The number of hydrogen-bond donors (Lipinski definition) is 2. The summed E-state index contributed by atoms with van der Waals surface area (Å²) in [7, 11) is 0. The second-order valence-electron chi connectivity index (χ2n) is 6.64. The molecule has 0 heterocycles. The van der Waals surface area contributed by atoms with Crippen LogP contribution in [0.1, 0.15) is 38.5 Å². The summed E-state index contributed by atoms with van der Waals surface area (Å²) in [5.74, 6) is 2.71. The Morgan fingerprint density at radius 1 is 1.10 bits per heavy atom. The molecule has 21 heavy (non-hydrogen) atoms. The van der Waals surface area contributed by atoms with E-state index in [1.165, 1.54) is 25.7 Å². The number of nitrogens with one attached hydrogen (secondary N) is 2. The molecule has 1 amide bonds. The van der Waals surface area contributed by atoms with Gasteiger partial charge >= 0.3 is 0 Å². The molecule has 3 atom stereocenters. The molecule has 0 saturated heterocycles. The number of carbonyl (C=O) groups is 1. The smallest absolute Gasteiger partial charge is 0.220 e. The zero-order valence-electron chi connectivity index (χ0n) is 12.7. The SMILES string of the molecule is O=C(CC1CC2CCC1C2)NCCCNc1ccccc1. The molecule has 2 N–H and O–H groups in total. The number of hydrogen-bond acceptors (Lipinski definition) is 2. The van der Waals surface area contributed by atoms with Crippen LogP contribution in [0.2, 0.25) is 0 Å². The van der Waals surface area contributed by atoms with E-state index in [1.54, 1.807) is 0 Å². The van der Waals surface area contributed by atoms with Crippen molar-refractivity contribution in [3.05, 3.63) is 30.3 Å². The molecule has 1 aromatic carbocycles. The van der Waals surface area contributed by atoms with Gasteiger partial charge in [0.2, 0.25) is 5.91 Å². The molecule has 2 fully saturated rings. The van der Waals surface area contributed by atoms with Crippen LogP contribution in [0.3, 0.4) is 0 Å². The minimum absolute atomic E-state index is 0.257. The van der Waals surface area contributed by atoms with Gasteiger partial charge in [-0.2, -0.15) is 0 Å². The Labute approximate surface area is 127 Å². The lowest BCUT2D eigenvalue weighted by Gasteiger charge is -2.20. The summed E-state index contributed by atoms with van der Waals surface area (Å²) in [5.41, 5.74) is 1.14. The van der Waals surface area contributed by atoms with Crippen molar-refractivity contribution < 1.29 is 4.79 Å². The highest BCUT2D eigenvalue weighted by Gasteiger charge is 2.39. The summed E-state index contributed by atoms with van der Waals surface area (Å²) in [6.07, 6.45) is 7.19.